The van der Waals surface area contributed by atoms with Crippen LogP contribution in [0.5, 0.6) is 0 Å². The van der Waals surface area contributed by atoms with Crippen LogP contribution in [0.25, 0.3) is 0 Å². The average Bonchev–Trinajstić information content (AvgIpc) is 2.73. The van der Waals surface area contributed by atoms with Crippen molar-refractivity contribution in [3.05, 3.63) is 107 Å². The predicted octanol–water partition coefficient (Wildman–Crippen LogP) is 4.14. The summed E-state index contributed by atoms with van der Waals surface area (Å²) < 4.78 is 25.7. The predicted molar refractivity (Wildman–Crippen MR) is 124 cm³/mol. The molecule has 31 heavy (non-hydrogen) atoms. The van der Waals surface area contributed by atoms with Gasteiger partial charge in [0.2, 0.25) is 15.9 Å². The molecule has 1 N–H and O–H groups in total. The zero-order valence-corrected chi connectivity index (χ0v) is 19.1. The normalized spacial score (nSPS) is 13.6. The molecule has 5 nitrogen and oxygen atoms in total. The Hall–Kier alpha value is -2.96. The number of carbonyl (C=O) groups is 1. The summed E-state index contributed by atoms with van der Waals surface area (Å²) in [5, 5.41) is 3.12. The van der Waals surface area contributed by atoms with E-state index in [2.05, 4.69) is 11.4 Å². The molecule has 0 aliphatic heterocycles. The first kappa shape index (κ1) is 22.7. The Morgan fingerprint density at radius 1 is 0.871 bits per heavy atom. The Morgan fingerprint density at radius 2 is 1.42 bits per heavy atom. The lowest BCUT2D eigenvalue weighted by Crippen LogP contribution is -2.42. The van der Waals surface area contributed by atoms with E-state index < -0.39 is 22.1 Å². The van der Waals surface area contributed by atoms with Crippen LogP contribution in [0.3, 0.4) is 0 Å². The topological polar surface area (TPSA) is 66.5 Å². The summed E-state index contributed by atoms with van der Waals surface area (Å²) in [6.07, 6.45) is 1.11. The summed E-state index contributed by atoms with van der Waals surface area (Å²) in [5.74, 6) is -0.382. The number of sulfonamides is 1. The smallest absolute Gasteiger partial charge is 0.243 e. The minimum Gasteiger partial charge on any atom is -0.343 e. The molecule has 0 heterocycles. The van der Waals surface area contributed by atoms with Gasteiger partial charge in [0, 0.05) is 7.05 Å². The second-order valence-electron chi connectivity index (χ2n) is 7.80. The fourth-order valence-corrected chi connectivity index (χ4v) is 4.31. The SMILES string of the molecule is Cc1ccc(C(NC(=O)C(c2ccccc2)N(C)S(C)(=O)=O)c2ccccc2)c(C)c1. The van der Waals surface area contributed by atoms with Gasteiger partial charge in [-0.1, -0.05) is 84.4 Å². The first-order valence-corrected chi connectivity index (χ1v) is 11.9. The Labute approximate surface area is 184 Å². The van der Waals surface area contributed by atoms with E-state index in [1.165, 1.54) is 7.05 Å². The van der Waals surface area contributed by atoms with Crippen LogP contribution in [0.15, 0.2) is 78.9 Å². The van der Waals surface area contributed by atoms with Crippen molar-refractivity contribution < 1.29 is 13.2 Å². The highest BCUT2D eigenvalue weighted by atomic mass is 32.2. The first-order chi connectivity index (χ1) is 14.7. The molecule has 3 aromatic carbocycles. The maximum absolute atomic E-state index is 13.5. The largest absolute Gasteiger partial charge is 0.343 e. The van der Waals surface area contributed by atoms with Gasteiger partial charge in [0.15, 0.2) is 0 Å². The summed E-state index contributed by atoms with van der Waals surface area (Å²) in [6.45, 7) is 4.04. The molecule has 0 bridgehead atoms. The maximum Gasteiger partial charge on any atom is 0.243 e. The first-order valence-electron chi connectivity index (χ1n) is 10.1. The zero-order chi connectivity index (χ0) is 22.6. The molecule has 0 spiro atoms. The molecule has 0 saturated heterocycles. The van der Waals surface area contributed by atoms with Gasteiger partial charge >= 0.3 is 0 Å². The number of amides is 1. The van der Waals surface area contributed by atoms with Gasteiger partial charge < -0.3 is 5.32 Å². The summed E-state index contributed by atoms with van der Waals surface area (Å²) in [7, 11) is -2.17. The van der Waals surface area contributed by atoms with Crippen molar-refractivity contribution in [2.24, 2.45) is 0 Å². The van der Waals surface area contributed by atoms with E-state index in [-0.39, 0.29) is 5.91 Å². The van der Waals surface area contributed by atoms with Crippen molar-refractivity contribution >= 4 is 15.9 Å². The van der Waals surface area contributed by atoms with Crippen LogP contribution in [0.2, 0.25) is 0 Å². The minimum absolute atomic E-state index is 0.382. The Kier molecular flexibility index (Phi) is 6.93. The quantitative estimate of drug-likeness (QED) is 0.605. The lowest BCUT2D eigenvalue weighted by atomic mass is 9.93. The molecule has 0 fully saturated rings. The molecule has 0 aromatic heterocycles. The molecule has 0 saturated carbocycles. The van der Waals surface area contributed by atoms with Crippen molar-refractivity contribution in [2.75, 3.05) is 13.3 Å². The summed E-state index contributed by atoms with van der Waals surface area (Å²) in [4.78, 5) is 13.5. The van der Waals surface area contributed by atoms with E-state index in [9.17, 15) is 13.2 Å². The van der Waals surface area contributed by atoms with E-state index in [1.54, 1.807) is 24.3 Å². The van der Waals surface area contributed by atoms with Gasteiger partial charge in [0.05, 0.1) is 12.3 Å². The molecule has 3 rings (SSSR count). The third-order valence-electron chi connectivity index (χ3n) is 5.41. The van der Waals surface area contributed by atoms with Gasteiger partial charge in [-0.15, -0.1) is 0 Å². The van der Waals surface area contributed by atoms with Crippen molar-refractivity contribution in [1.82, 2.24) is 9.62 Å². The van der Waals surface area contributed by atoms with Crippen LogP contribution in [0.1, 0.15) is 39.9 Å². The summed E-state index contributed by atoms with van der Waals surface area (Å²) in [6, 6.07) is 23.4. The molecule has 0 aliphatic rings. The van der Waals surface area contributed by atoms with E-state index >= 15 is 0 Å². The third-order valence-corrected chi connectivity index (χ3v) is 6.66. The van der Waals surface area contributed by atoms with E-state index in [1.807, 2.05) is 62.4 Å². The minimum atomic E-state index is -3.60. The molecule has 2 unspecified atom stereocenters. The highest BCUT2D eigenvalue weighted by Gasteiger charge is 2.32. The van der Waals surface area contributed by atoms with E-state index in [4.69, 9.17) is 0 Å². The van der Waals surface area contributed by atoms with Crippen LogP contribution in [0.4, 0.5) is 0 Å². The Bertz CT molecular complexity index is 1150. The molecule has 2 atom stereocenters. The number of hydrogen-bond acceptors (Lipinski definition) is 3. The lowest BCUT2D eigenvalue weighted by molar-refractivity contribution is -0.125. The number of aryl methyl sites for hydroxylation is 2. The Balaban J connectivity index is 2.05. The number of nitrogens with one attached hydrogen (secondary N) is 1. The standard InChI is InChI=1S/C25H28N2O3S/c1-18-15-16-22(19(2)17-18)23(20-11-7-5-8-12-20)26-25(28)24(27(3)31(4,29)30)21-13-9-6-10-14-21/h5-17,23-24H,1-4H3,(H,26,28). The molecule has 0 aliphatic carbocycles. The number of nitrogens with zero attached hydrogens (tertiary/aromatic N) is 1. The number of likely N-dealkylation sites (N-methyl/N-ethyl adjacent to an activating group) is 1. The van der Waals surface area contributed by atoms with Crippen molar-refractivity contribution in [3.8, 4) is 0 Å². The lowest BCUT2D eigenvalue weighted by Gasteiger charge is -2.29. The van der Waals surface area contributed by atoms with E-state index in [0.29, 0.717) is 5.56 Å². The molecular formula is C25H28N2O3S. The van der Waals surface area contributed by atoms with Crippen molar-refractivity contribution in [2.45, 2.75) is 25.9 Å². The number of benzene rings is 3. The average molecular weight is 437 g/mol. The summed E-state index contributed by atoms with van der Waals surface area (Å²) >= 11 is 0. The highest BCUT2D eigenvalue weighted by Crippen LogP contribution is 2.28. The molecule has 3 aromatic rings. The van der Waals surface area contributed by atoms with Crippen LogP contribution in [0, 0.1) is 13.8 Å². The molecule has 6 heteroatoms. The molecular weight excluding hydrogens is 408 g/mol. The van der Waals surface area contributed by atoms with Gasteiger partial charge in [-0.2, -0.15) is 4.31 Å². The zero-order valence-electron chi connectivity index (χ0n) is 18.2. The number of rotatable bonds is 7. The van der Waals surface area contributed by atoms with E-state index in [0.717, 1.165) is 32.8 Å². The van der Waals surface area contributed by atoms with Crippen LogP contribution in [-0.2, 0) is 14.8 Å². The maximum atomic E-state index is 13.5. The van der Waals surface area contributed by atoms with Crippen LogP contribution in [-0.4, -0.2) is 31.9 Å². The number of hydrogen-bond donors (Lipinski definition) is 1. The van der Waals surface area contributed by atoms with Crippen LogP contribution >= 0.6 is 0 Å². The van der Waals surface area contributed by atoms with Crippen molar-refractivity contribution in [1.29, 1.82) is 0 Å². The van der Waals surface area contributed by atoms with Gasteiger partial charge in [-0.05, 0) is 36.1 Å². The van der Waals surface area contributed by atoms with Gasteiger partial charge in [0.1, 0.15) is 6.04 Å². The fourth-order valence-electron chi connectivity index (χ4n) is 3.71. The van der Waals surface area contributed by atoms with Crippen molar-refractivity contribution in [3.63, 3.8) is 0 Å². The van der Waals surface area contributed by atoms with Crippen LogP contribution < -0.4 is 5.32 Å². The second kappa shape index (κ2) is 9.45. The number of carbonyl (C=O) groups excluding carboxylic acids is 1. The molecule has 0 radical (unpaired) electrons. The monoisotopic (exact) mass is 436 g/mol. The fraction of sp³-hybridized carbons (Fsp3) is 0.240. The van der Waals surface area contributed by atoms with Gasteiger partial charge in [-0.25, -0.2) is 8.42 Å². The van der Waals surface area contributed by atoms with Gasteiger partial charge in [-0.3, -0.25) is 4.79 Å². The molecule has 162 valence electrons. The summed E-state index contributed by atoms with van der Waals surface area (Å²) in [5.41, 5.74) is 4.70. The highest BCUT2D eigenvalue weighted by molar-refractivity contribution is 7.88. The Morgan fingerprint density at radius 3 is 1.94 bits per heavy atom. The van der Waals surface area contributed by atoms with Gasteiger partial charge in [0.25, 0.3) is 0 Å². The second-order valence-corrected chi connectivity index (χ2v) is 9.85. The third kappa shape index (κ3) is 5.40. The molecule has 1 amide bonds.